The van der Waals surface area contributed by atoms with E-state index in [0.717, 1.165) is 6.26 Å². The number of pyridine rings is 1. The molecule has 0 aliphatic carbocycles. The van der Waals surface area contributed by atoms with Crippen LogP contribution in [0.25, 0.3) is 5.52 Å². The summed E-state index contributed by atoms with van der Waals surface area (Å²) < 4.78 is 43.5. The Morgan fingerprint density at radius 2 is 2.08 bits per heavy atom. The van der Waals surface area contributed by atoms with E-state index in [1.54, 1.807) is 24.3 Å². The quantitative estimate of drug-likeness (QED) is 0.660. The van der Waals surface area contributed by atoms with Crippen LogP contribution in [-0.4, -0.2) is 43.1 Å². The van der Waals surface area contributed by atoms with Crippen LogP contribution in [0.4, 0.5) is 4.39 Å². The van der Waals surface area contributed by atoms with Gasteiger partial charge in [-0.3, -0.25) is 9.20 Å². The molecule has 3 aromatic rings. The Hall–Kier alpha value is -2.94. The summed E-state index contributed by atoms with van der Waals surface area (Å²) in [4.78, 5) is 16.3. The zero-order valence-electron chi connectivity index (χ0n) is 13.8. The van der Waals surface area contributed by atoms with Crippen molar-refractivity contribution in [3.8, 4) is 5.75 Å². The van der Waals surface area contributed by atoms with Gasteiger partial charge in [0.2, 0.25) is 15.0 Å². The van der Waals surface area contributed by atoms with Crippen molar-refractivity contribution >= 4 is 21.3 Å². The van der Waals surface area contributed by atoms with Crippen molar-refractivity contribution in [2.75, 3.05) is 19.4 Å². The van der Waals surface area contributed by atoms with Crippen LogP contribution in [0.3, 0.4) is 0 Å². The molecule has 9 heteroatoms. The van der Waals surface area contributed by atoms with Gasteiger partial charge in [0.25, 0.3) is 5.91 Å². The molecule has 26 heavy (non-hydrogen) atoms. The smallest absolute Gasteiger partial charge is 0.272 e. The average molecular weight is 377 g/mol. The normalized spacial score (nSPS) is 11.5. The van der Waals surface area contributed by atoms with Crippen molar-refractivity contribution < 1.29 is 22.3 Å². The predicted molar refractivity (Wildman–Crippen MR) is 92.5 cm³/mol. The Bertz CT molecular complexity index is 1060. The van der Waals surface area contributed by atoms with Gasteiger partial charge in [0, 0.05) is 18.5 Å². The number of carbonyl (C=O) groups is 1. The molecule has 1 aromatic carbocycles. The number of ether oxygens (including phenoxy) is 1. The Labute approximate surface area is 149 Å². The number of benzene rings is 1. The van der Waals surface area contributed by atoms with Crippen LogP contribution in [0.2, 0.25) is 0 Å². The van der Waals surface area contributed by atoms with Crippen LogP contribution < -0.4 is 10.1 Å². The maximum Gasteiger partial charge on any atom is 0.272 e. The van der Waals surface area contributed by atoms with E-state index in [1.165, 1.54) is 28.8 Å². The first-order chi connectivity index (χ1) is 12.4. The Morgan fingerprint density at radius 1 is 1.27 bits per heavy atom. The fourth-order valence-electron chi connectivity index (χ4n) is 2.41. The Balaban J connectivity index is 1.70. The highest BCUT2D eigenvalue weighted by Gasteiger charge is 2.22. The minimum absolute atomic E-state index is 0.0109. The van der Waals surface area contributed by atoms with Crippen molar-refractivity contribution in [3.05, 3.63) is 60.2 Å². The second-order valence-corrected chi connectivity index (χ2v) is 7.44. The van der Waals surface area contributed by atoms with Crippen molar-refractivity contribution in [2.24, 2.45) is 0 Å². The first kappa shape index (κ1) is 17.9. The molecule has 0 atom stereocenters. The number of rotatable bonds is 6. The minimum atomic E-state index is -3.60. The SMILES string of the molecule is CS(=O)(=O)c1nc(C(=O)NCCOc2cccc(F)c2)c2ccccn12. The summed E-state index contributed by atoms with van der Waals surface area (Å²) in [6.07, 6.45) is 2.56. The molecule has 0 fully saturated rings. The molecule has 3 rings (SSSR count). The van der Waals surface area contributed by atoms with Crippen molar-refractivity contribution in [1.29, 1.82) is 0 Å². The van der Waals surface area contributed by atoms with E-state index in [4.69, 9.17) is 4.74 Å². The van der Waals surface area contributed by atoms with Gasteiger partial charge in [0.1, 0.15) is 18.2 Å². The minimum Gasteiger partial charge on any atom is -0.492 e. The third-order valence-electron chi connectivity index (χ3n) is 3.52. The standard InChI is InChI=1S/C17H16FN3O4S/c1-26(23,24)17-20-15(14-7-2-3-9-21(14)17)16(22)19-8-10-25-13-6-4-5-12(18)11-13/h2-7,9,11H,8,10H2,1H3,(H,19,22). The number of carbonyl (C=O) groups excluding carboxylic acids is 1. The van der Waals surface area contributed by atoms with E-state index in [2.05, 4.69) is 10.3 Å². The molecule has 136 valence electrons. The van der Waals surface area contributed by atoms with Gasteiger partial charge in [0.15, 0.2) is 5.69 Å². The summed E-state index contributed by atoms with van der Waals surface area (Å²) in [7, 11) is -3.60. The number of nitrogens with zero attached hydrogens (tertiary/aromatic N) is 2. The van der Waals surface area contributed by atoms with Gasteiger partial charge in [-0.25, -0.2) is 17.8 Å². The van der Waals surface area contributed by atoms with Gasteiger partial charge in [-0.05, 0) is 24.3 Å². The monoisotopic (exact) mass is 377 g/mol. The third kappa shape index (κ3) is 3.83. The van der Waals surface area contributed by atoms with Gasteiger partial charge in [-0.2, -0.15) is 0 Å². The highest BCUT2D eigenvalue weighted by Crippen LogP contribution is 2.17. The fourth-order valence-corrected chi connectivity index (χ4v) is 3.19. The summed E-state index contributed by atoms with van der Waals surface area (Å²) in [5.41, 5.74) is 0.397. The highest BCUT2D eigenvalue weighted by atomic mass is 32.2. The Kier molecular flexibility index (Phi) is 4.90. The molecule has 0 saturated heterocycles. The molecule has 0 spiro atoms. The summed E-state index contributed by atoms with van der Waals surface area (Å²) in [5, 5.41) is 2.41. The van der Waals surface area contributed by atoms with Crippen LogP contribution in [0.15, 0.2) is 53.8 Å². The van der Waals surface area contributed by atoms with E-state index in [9.17, 15) is 17.6 Å². The van der Waals surface area contributed by atoms with Gasteiger partial charge >= 0.3 is 0 Å². The molecular formula is C17H16FN3O4S. The summed E-state index contributed by atoms with van der Waals surface area (Å²) in [6, 6.07) is 10.6. The molecule has 0 bridgehead atoms. The number of aromatic nitrogens is 2. The molecule has 1 amide bonds. The second-order valence-electron chi connectivity index (χ2n) is 5.53. The van der Waals surface area contributed by atoms with Gasteiger partial charge in [0.05, 0.1) is 12.1 Å². The summed E-state index contributed by atoms with van der Waals surface area (Å²) >= 11 is 0. The van der Waals surface area contributed by atoms with Crippen LogP contribution in [0.5, 0.6) is 5.75 Å². The topological polar surface area (TPSA) is 89.8 Å². The number of fused-ring (bicyclic) bond motifs is 1. The fraction of sp³-hybridized carbons (Fsp3) is 0.176. The molecule has 0 radical (unpaired) electrons. The molecule has 7 nitrogen and oxygen atoms in total. The number of sulfone groups is 1. The van der Waals surface area contributed by atoms with Crippen molar-refractivity contribution in [1.82, 2.24) is 14.7 Å². The van der Waals surface area contributed by atoms with Crippen molar-refractivity contribution in [3.63, 3.8) is 0 Å². The largest absolute Gasteiger partial charge is 0.492 e. The van der Waals surface area contributed by atoms with E-state index in [0.29, 0.717) is 11.3 Å². The van der Waals surface area contributed by atoms with E-state index in [1.807, 2.05) is 0 Å². The number of hydrogen-bond donors (Lipinski definition) is 1. The third-order valence-corrected chi connectivity index (χ3v) is 4.47. The van der Waals surface area contributed by atoms with Crippen molar-refractivity contribution in [2.45, 2.75) is 5.16 Å². The number of amides is 1. The lowest BCUT2D eigenvalue weighted by molar-refractivity contribution is 0.0944. The molecule has 0 aliphatic heterocycles. The van der Waals surface area contributed by atoms with Gasteiger partial charge in [-0.1, -0.05) is 12.1 Å². The maximum atomic E-state index is 13.1. The maximum absolute atomic E-state index is 13.1. The highest BCUT2D eigenvalue weighted by molar-refractivity contribution is 7.90. The lowest BCUT2D eigenvalue weighted by atomic mass is 10.3. The number of hydrogen-bond acceptors (Lipinski definition) is 5. The zero-order valence-corrected chi connectivity index (χ0v) is 14.7. The average Bonchev–Trinajstić information content (AvgIpc) is 2.99. The van der Waals surface area contributed by atoms with E-state index in [-0.39, 0.29) is 24.0 Å². The van der Waals surface area contributed by atoms with Crippen LogP contribution in [-0.2, 0) is 9.84 Å². The molecule has 2 heterocycles. The van der Waals surface area contributed by atoms with Crippen LogP contribution in [0, 0.1) is 5.82 Å². The lowest BCUT2D eigenvalue weighted by Crippen LogP contribution is -2.28. The summed E-state index contributed by atoms with van der Waals surface area (Å²) in [5.74, 6) is -0.582. The molecule has 1 N–H and O–H groups in total. The van der Waals surface area contributed by atoms with Crippen LogP contribution >= 0.6 is 0 Å². The van der Waals surface area contributed by atoms with E-state index < -0.39 is 21.6 Å². The second kappa shape index (κ2) is 7.12. The summed E-state index contributed by atoms with van der Waals surface area (Å²) in [6.45, 7) is 0.273. The number of halogens is 1. The molecule has 0 saturated carbocycles. The van der Waals surface area contributed by atoms with E-state index >= 15 is 0 Å². The molecule has 0 aliphatic rings. The molecule has 2 aromatic heterocycles. The van der Waals surface area contributed by atoms with Crippen LogP contribution in [0.1, 0.15) is 10.5 Å². The Morgan fingerprint density at radius 3 is 2.81 bits per heavy atom. The van der Waals surface area contributed by atoms with Gasteiger partial charge in [-0.15, -0.1) is 0 Å². The lowest BCUT2D eigenvalue weighted by Gasteiger charge is -2.07. The number of imidazole rings is 1. The first-order valence-corrected chi connectivity index (χ1v) is 9.59. The predicted octanol–water partition coefficient (Wildman–Crippen LogP) is 1.69. The number of nitrogens with one attached hydrogen (secondary N) is 1. The molecular weight excluding hydrogens is 361 g/mol. The van der Waals surface area contributed by atoms with Gasteiger partial charge < -0.3 is 10.1 Å². The molecule has 0 unspecified atom stereocenters. The zero-order chi connectivity index (χ0) is 18.7. The first-order valence-electron chi connectivity index (χ1n) is 7.70.